The van der Waals surface area contributed by atoms with Crippen LogP contribution in [-0.4, -0.2) is 13.1 Å². The lowest BCUT2D eigenvalue weighted by Gasteiger charge is -1.95. The van der Waals surface area contributed by atoms with E-state index < -0.39 is 0 Å². The molecule has 1 aromatic heterocycles. The molecule has 1 aliphatic heterocycles. The summed E-state index contributed by atoms with van der Waals surface area (Å²) in [6.45, 7) is 2.17. The van der Waals surface area contributed by atoms with Crippen LogP contribution in [0.25, 0.3) is 0 Å². The van der Waals surface area contributed by atoms with Gasteiger partial charge in [0, 0.05) is 10.3 Å². The van der Waals surface area contributed by atoms with Crippen LogP contribution in [0.15, 0.2) is 5.38 Å². The predicted molar refractivity (Wildman–Crippen MR) is 49.6 cm³/mol. The zero-order chi connectivity index (χ0) is 7.68. The Balaban J connectivity index is 2.35. The molecule has 3 heteroatoms. The van der Waals surface area contributed by atoms with Crippen LogP contribution in [-0.2, 0) is 12.8 Å². The molecule has 0 fully saturated rings. The molecule has 60 valence electrons. The average Bonchev–Trinajstić information content (AvgIpc) is 2.25. The molecule has 0 aromatic carbocycles. The Morgan fingerprint density at radius 2 is 2.18 bits per heavy atom. The summed E-state index contributed by atoms with van der Waals surface area (Å²) in [5.41, 5.74) is 1.38. The highest BCUT2D eigenvalue weighted by molar-refractivity contribution is 7.10. The fraction of sp³-hybridized carbons (Fsp3) is 0.500. The molecular formula is C8H10ClNS. The standard InChI is InChI=1S/C8H10ClNS/c9-7-5-11-8-2-4-10-3-1-6(7)8/h5,10H,1-4H2. The lowest BCUT2D eigenvalue weighted by molar-refractivity contribution is 0.712. The Bertz CT molecular complexity index is 257. The first-order chi connectivity index (χ1) is 5.38. The van der Waals surface area contributed by atoms with Crippen LogP contribution in [0.4, 0.5) is 0 Å². The van der Waals surface area contributed by atoms with E-state index in [2.05, 4.69) is 10.7 Å². The smallest absolute Gasteiger partial charge is 0.0548 e. The van der Waals surface area contributed by atoms with Crippen molar-refractivity contribution in [1.29, 1.82) is 0 Å². The van der Waals surface area contributed by atoms with Gasteiger partial charge in [-0.25, -0.2) is 0 Å². The second kappa shape index (κ2) is 3.13. The molecule has 11 heavy (non-hydrogen) atoms. The van der Waals surface area contributed by atoms with Gasteiger partial charge in [-0.3, -0.25) is 0 Å². The lowest BCUT2D eigenvalue weighted by atomic mass is 10.2. The van der Waals surface area contributed by atoms with Crippen LogP contribution in [0.3, 0.4) is 0 Å². The second-order valence-electron chi connectivity index (χ2n) is 2.74. The van der Waals surface area contributed by atoms with Crippen LogP contribution in [0.5, 0.6) is 0 Å². The number of halogens is 1. The summed E-state index contributed by atoms with van der Waals surface area (Å²) < 4.78 is 0. The van der Waals surface area contributed by atoms with Crippen molar-refractivity contribution in [3.05, 3.63) is 20.8 Å². The van der Waals surface area contributed by atoms with Crippen molar-refractivity contribution in [2.75, 3.05) is 13.1 Å². The summed E-state index contributed by atoms with van der Waals surface area (Å²) in [6.07, 6.45) is 2.24. The van der Waals surface area contributed by atoms with Gasteiger partial charge < -0.3 is 5.32 Å². The Labute approximate surface area is 75.4 Å². The number of hydrogen-bond acceptors (Lipinski definition) is 2. The zero-order valence-electron chi connectivity index (χ0n) is 6.19. The molecule has 1 N–H and O–H groups in total. The molecule has 0 amide bonds. The predicted octanol–water partition coefficient (Wildman–Crippen LogP) is 2.09. The van der Waals surface area contributed by atoms with Crippen molar-refractivity contribution in [1.82, 2.24) is 5.32 Å². The highest BCUT2D eigenvalue weighted by Crippen LogP contribution is 2.28. The van der Waals surface area contributed by atoms with E-state index in [1.165, 1.54) is 10.4 Å². The van der Waals surface area contributed by atoms with Crippen molar-refractivity contribution >= 4 is 22.9 Å². The van der Waals surface area contributed by atoms with Gasteiger partial charge in [-0.15, -0.1) is 11.3 Å². The maximum absolute atomic E-state index is 6.01. The molecule has 0 aliphatic carbocycles. The van der Waals surface area contributed by atoms with Crippen molar-refractivity contribution in [2.45, 2.75) is 12.8 Å². The van der Waals surface area contributed by atoms with E-state index in [9.17, 15) is 0 Å². The third-order valence-corrected chi connectivity index (χ3v) is 3.57. The summed E-state index contributed by atoms with van der Waals surface area (Å²) in [4.78, 5) is 1.47. The maximum Gasteiger partial charge on any atom is 0.0548 e. The first kappa shape index (κ1) is 7.59. The first-order valence-corrected chi connectivity index (χ1v) is 5.09. The van der Waals surface area contributed by atoms with E-state index in [1.807, 2.05) is 0 Å². The molecule has 0 saturated carbocycles. The van der Waals surface area contributed by atoms with Gasteiger partial charge in [0.1, 0.15) is 0 Å². The summed E-state index contributed by atoms with van der Waals surface area (Å²) in [5.74, 6) is 0. The molecular weight excluding hydrogens is 178 g/mol. The summed E-state index contributed by atoms with van der Waals surface area (Å²) in [6, 6.07) is 0. The number of hydrogen-bond donors (Lipinski definition) is 1. The normalized spacial score (nSPS) is 17.5. The van der Waals surface area contributed by atoms with Gasteiger partial charge in [-0.05, 0) is 31.5 Å². The molecule has 2 heterocycles. The Hall–Kier alpha value is -0.0500. The SMILES string of the molecule is Clc1csc2c1CCNCC2. The third-order valence-electron chi connectivity index (χ3n) is 2.01. The zero-order valence-corrected chi connectivity index (χ0v) is 7.76. The Morgan fingerprint density at radius 3 is 3.09 bits per heavy atom. The number of nitrogens with one attached hydrogen (secondary N) is 1. The average molecular weight is 188 g/mol. The topological polar surface area (TPSA) is 12.0 Å². The summed E-state index contributed by atoms with van der Waals surface area (Å²) in [5, 5.41) is 6.38. The summed E-state index contributed by atoms with van der Waals surface area (Å²) >= 11 is 7.81. The van der Waals surface area contributed by atoms with Gasteiger partial charge >= 0.3 is 0 Å². The van der Waals surface area contributed by atoms with Gasteiger partial charge in [0.05, 0.1) is 5.02 Å². The number of thiophene rings is 1. The van der Waals surface area contributed by atoms with Gasteiger partial charge in [0.25, 0.3) is 0 Å². The maximum atomic E-state index is 6.01. The monoisotopic (exact) mass is 187 g/mol. The molecule has 1 aromatic rings. The lowest BCUT2D eigenvalue weighted by Crippen LogP contribution is -2.16. The molecule has 0 atom stereocenters. The molecule has 0 saturated heterocycles. The van der Waals surface area contributed by atoms with Crippen LogP contribution >= 0.6 is 22.9 Å². The molecule has 0 spiro atoms. The van der Waals surface area contributed by atoms with Crippen molar-refractivity contribution in [3.8, 4) is 0 Å². The fourth-order valence-corrected chi connectivity index (χ4v) is 2.77. The van der Waals surface area contributed by atoms with Crippen molar-refractivity contribution < 1.29 is 0 Å². The van der Waals surface area contributed by atoms with E-state index in [-0.39, 0.29) is 0 Å². The van der Waals surface area contributed by atoms with Crippen LogP contribution in [0.2, 0.25) is 5.02 Å². The molecule has 0 unspecified atom stereocenters. The minimum atomic E-state index is 0.966. The highest BCUT2D eigenvalue weighted by atomic mass is 35.5. The molecule has 1 aliphatic rings. The van der Waals surface area contributed by atoms with Crippen LogP contribution in [0.1, 0.15) is 10.4 Å². The molecule has 0 radical (unpaired) electrons. The van der Waals surface area contributed by atoms with Crippen molar-refractivity contribution in [2.24, 2.45) is 0 Å². The minimum Gasteiger partial charge on any atom is -0.316 e. The van der Waals surface area contributed by atoms with Gasteiger partial charge in [-0.2, -0.15) is 0 Å². The van der Waals surface area contributed by atoms with Gasteiger partial charge in [0.2, 0.25) is 0 Å². The van der Waals surface area contributed by atoms with Gasteiger partial charge in [-0.1, -0.05) is 11.6 Å². The largest absolute Gasteiger partial charge is 0.316 e. The highest BCUT2D eigenvalue weighted by Gasteiger charge is 2.11. The quantitative estimate of drug-likeness (QED) is 0.656. The number of rotatable bonds is 0. The Morgan fingerprint density at radius 1 is 1.36 bits per heavy atom. The van der Waals surface area contributed by atoms with E-state index in [0.717, 1.165) is 31.0 Å². The minimum absolute atomic E-state index is 0.966. The second-order valence-corrected chi connectivity index (χ2v) is 4.11. The third kappa shape index (κ3) is 1.43. The van der Waals surface area contributed by atoms with E-state index in [0.29, 0.717) is 0 Å². The Kier molecular flexibility index (Phi) is 2.16. The van der Waals surface area contributed by atoms with Crippen molar-refractivity contribution in [3.63, 3.8) is 0 Å². The van der Waals surface area contributed by atoms with E-state index in [4.69, 9.17) is 11.6 Å². The fourth-order valence-electron chi connectivity index (χ4n) is 1.41. The van der Waals surface area contributed by atoms with E-state index >= 15 is 0 Å². The van der Waals surface area contributed by atoms with Crippen LogP contribution in [0, 0.1) is 0 Å². The van der Waals surface area contributed by atoms with Crippen LogP contribution < -0.4 is 5.32 Å². The molecule has 0 bridgehead atoms. The number of fused-ring (bicyclic) bond motifs is 1. The van der Waals surface area contributed by atoms with Gasteiger partial charge in [0.15, 0.2) is 0 Å². The van der Waals surface area contributed by atoms with E-state index in [1.54, 1.807) is 11.3 Å². The molecule has 2 rings (SSSR count). The molecule has 1 nitrogen and oxygen atoms in total. The first-order valence-electron chi connectivity index (χ1n) is 3.83. The summed E-state index contributed by atoms with van der Waals surface area (Å²) in [7, 11) is 0.